The van der Waals surface area contributed by atoms with Gasteiger partial charge < -0.3 is 19.3 Å². The van der Waals surface area contributed by atoms with Crippen molar-refractivity contribution in [2.75, 3.05) is 50.7 Å². The van der Waals surface area contributed by atoms with Gasteiger partial charge in [0.2, 0.25) is 5.91 Å². The Morgan fingerprint density at radius 1 is 0.947 bits per heavy atom. The summed E-state index contributed by atoms with van der Waals surface area (Å²) in [6, 6.07) is 10.4. The molecule has 0 atom stereocenters. The van der Waals surface area contributed by atoms with Crippen molar-refractivity contribution >= 4 is 22.5 Å². The van der Waals surface area contributed by atoms with Crippen molar-refractivity contribution in [3.8, 4) is 5.82 Å². The predicted octanol–water partition coefficient (Wildman–Crippen LogP) is 5.31. The molecule has 3 aromatic rings. The Balaban J connectivity index is 0.000000190. The van der Waals surface area contributed by atoms with E-state index in [1.165, 1.54) is 69.2 Å². The molecule has 4 heterocycles. The number of fused-ring (bicyclic) bond motifs is 1. The molecule has 7 heteroatoms. The van der Waals surface area contributed by atoms with Crippen molar-refractivity contribution < 1.29 is 4.79 Å². The van der Waals surface area contributed by atoms with Crippen molar-refractivity contribution in [1.29, 1.82) is 0 Å². The van der Waals surface area contributed by atoms with Crippen LogP contribution in [0.15, 0.2) is 42.7 Å². The average molecular weight is 517 g/mol. The lowest BCUT2D eigenvalue weighted by Crippen LogP contribution is -2.48. The summed E-state index contributed by atoms with van der Waals surface area (Å²) in [5.74, 6) is 3.84. The van der Waals surface area contributed by atoms with Crippen molar-refractivity contribution in [2.45, 2.75) is 59.3 Å². The van der Waals surface area contributed by atoms with E-state index in [2.05, 4.69) is 61.7 Å². The normalized spacial score (nSPS) is 22.4. The minimum absolute atomic E-state index is 0.156. The van der Waals surface area contributed by atoms with Crippen LogP contribution in [0.3, 0.4) is 0 Å². The van der Waals surface area contributed by atoms with Crippen molar-refractivity contribution in [3.05, 3.63) is 48.5 Å². The molecular formula is C31H44N6O. The average Bonchev–Trinajstić information content (AvgIpc) is 3.60. The number of likely N-dealkylation sites (tertiary alicyclic amines) is 1. The second-order valence-corrected chi connectivity index (χ2v) is 11.5. The molecule has 38 heavy (non-hydrogen) atoms. The maximum Gasteiger partial charge on any atom is 0.219 e. The molecule has 0 spiro atoms. The van der Waals surface area contributed by atoms with Gasteiger partial charge in [-0.1, -0.05) is 25.8 Å². The van der Waals surface area contributed by atoms with Gasteiger partial charge >= 0.3 is 0 Å². The number of amides is 1. The minimum atomic E-state index is 0.156. The minimum Gasteiger partial charge on any atom is -0.367 e. The number of aromatic nitrogens is 3. The molecule has 2 aliphatic heterocycles. The summed E-state index contributed by atoms with van der Waals surface area (Å²) in [6.45, 7) is 13.4. The number of benzene rings is 1. The molecule has 0 N–H and O–H groups in total. The number of carbonyl (C=O) groups excluding carboxylic acids is 1. The zero-order chi connectivity index (χ0) is 26.5. The Bertz CT molecular complexity index is 1200. The molecule has 0 unspecified atom stereocenters. The Morgan fingerprint density at radius 2 is 1.68 bits per heavy atom. The van der Waals surface area contributed by atoms with E-state index >= 15 is 0 Å². The van der Waals surface area contributed by atoms with Crippen LogP contribution in [-0.4, -0.2) is 76.1 Å². The molecule has 204 valence electrons. The zero-order valence-corrected chi connectivity index (χ0v) is 23.5. The van der Waals surface area contributed by atoms with Gasteiger partial charge in [-0.05, 0) is 81.8 Å². The summed E-state index contributed by atoms with van der Waals surface area (Å²) in [5, 5.41) is 1.20. The third kappa shape index (κ3) is 6.37. The topological polar surface area (TPSA) is 57.5 Å². The van der Waals surface area contributed by atoms with E-state index in [0.29, 0.717) is 0 Å². The van der Waals surface area contributed by atoms with Crippen LogP contribution in [0.5, 0.6) is 0 Å². The van der Waals surface area contributed by atoms with Crippen LogP contribution in [0.25, 0.3) is 16.7 Å². The molecule has 3 fully saturated rings. The Morgan fingerprint density at radius 3 is 2.37 bits per heavy atom. The maximum atomic E-state index is 11.5. The van der Waals surface area contributed by atoms with Crippen LogP contribution in [0.2, 0.25) is 0 Å². The summed E-state index contributed by atoms with van der Waals surface area (Å²) in [5.41, 5.74) is 2.34. The molecule has 3 aliphatic rings. The summed E-state index contributed by atoms with van der Waals surface area (Å²) in [6.07, 6.45) is 12.7. The van der Waals surface area contributed by atoms with E-state index in [0.717, 1.165) is 55.2 Å². The summed E-state index contributed by atoms with van der Waals surface area (Å²) >= 11 is 0. The van der Waals surface area contributed by atoms with Crippen LogP contribution in [0, 0.1) is 18.8 Å². The molecular weight excluding hydrogens is 472 g/mol. The first-order chi connectivity index (χ1) is 18.5. The fourth-order valence-corrected chi connectivity index (χ4v) is 6.31. The molecule has 7 nitrogen and oxygen atoms in total. The molecule has 2 saturated heterocycles. The zero-order valence-electron chi connectivity index (χ0n) is 23.5. The van der Waals surface area contributed by atoms with E-state index in [4.69, 9.17) is 0 Å². The molecule has 0 bridgehead atoms. The van der Waals surface area contributed by atoms with Crippen molar-refractivity contribution in [2.24, 2.45) is 11.8 Å². The molecule has 2 aromatic heterocycles. The standard InChI is InChI=1S/C19H21N5O.C12H23N/c1-14-20-8-6-19(21-14)24-9-7-16-17(4-3-5-18(16)24)23-12-10-22(11-13-23)15(2)25;1-11-4-6-12(7-5-11)10-13-8-2-3-9-13/h3-9H,10-13H2,1-2H3;11-12H,2-10H2,1H3. The van der Waals surface area contributed by atoms with E-state index in [-0.39, 0.29) is 5.91 Å². The second-order valence-electron chi connectivity index (χ2n) is 11.5. The third-order valence-electron chi connectivity index (χ3n) is 8.63. The van der Waals surface area contributed by atoms with E-state index in [9.17, 15) is 4.79 Å². The number of carbonyl (C=O) groups is 1. The van der Waals surface area contributed by atoms with Gasteiger partial charge in [-0.2, -0.15) is 0 Å². The van der Waals surface area contributed by atoms with Gasteiger partial charge in [0.15, 0.2) is 0 Å². The van der Waals surface area contributed by atoms with Gasteiger partial charge in [0.05, 0.1) is 5.52 Å². The third-order valence-corrected chi connectivity index (χ3v) is 8.63. The Labute approximate surface area is 227 Å². The number of rotatable bonds is 4. The summed E-state index contributed by atoms with van der Waals surface area (Å²) in [4.78, 5) is 27.2. The fourth-order valence-electron chi connectivity index (χ4n) is 6.31. The summed E-state index contributed by atoms with van der Waals surface area (Å²) < 4.78 is 2.10. The van der Waals surface area contributed by atoms with Crippen molar-refractivity contribution in [3.63, 3.8) is 0 Å². The largest absolute Gasteiger partial charge is 0.367 e. The lowest BCUT2D eigenvalue weighted by Gasteiger charge is -2.36. The highest BCUT2D eigenvalue weighted by molar-refractivity contribution is 5.94. The number of piperazine rings is 1. The molecule has 1 saturated carbocycles. The Kier molecular flexibility index (Phi) is 8.62. The SMILES string of the molecule is CC(=O)N1CCN(c2cccc3c2ccn3-c2ccnc(C)n2)CC1.CC1CCC(CN2CCCC2)CC1. The van der Waals surface area contributed by atoms with Crippen LogP contribution < -0.4 is 4.90 Å². The first-order valence-electron chi connectivity index (χ1n) is 14.6. The quantitative estimate of drug-likeness (QED) is 0.471. The molecule has 1 aromatic carbocycles. The van der Waals surface area contributed by atoms with Crippen LogP contribution in [0.1, 0.15) is 58.2 Å². The first-order valence-corrected chi connectivity index (χ1v) is 14.6. The van der Waals surface area contributed by atoms with E-state index < -0.39 is 0 Å². The highest BCUT2D eigenvalue weighted by Crippen LogP contribution is 2.31. The van der Waals surface area contributed by atoms with Crippen LogP contribution in [-0.2, 0) is 4.79 Å². The first kappa shape index (κ1) is 26.7. The summed E-state index contributed by atoms with van der Waals surface area (Å²) in [7, 11) is 0. The smallest absolute Gasteiger partial charge is 0.219 e. The van der Waals surface area contributed by atoms with Crippen LogP contribution >= 0.6 is 0 Å². The molecule has 6 rings (SSSR count). The molecule has 0 radical (unpaired) electrons. The number of anilines is 1. The maximum absolute atomic E-state index is 11.5. The number of aryl methyl sites for hydroxylation is 1. The number of nitrogens with zero attached hydrogens (tertiary/aromatic N) is 6. The van der Waals surface area contributed by atoms with Gasteiger partial charge in [0, 0.05) is 63.1 Å². The predicted molar refractivity (Wildman–Crippen MR) is 155 cm³/mol. The highest BCUT2D eigenvalue weighted by atomic mass is 16.2. The van der Waals surface area contributed by atoms with Gasteiger partial charge in [-0.3, -0.25) is 4.79 Å². The lowest BCUT2D eigenvalue weighted by atomic mass is 9.83. The monoisotopic (exact) mass is 516 g/mol. The second kappa shape index (κ2) is 12.3. The van der Waals surface area contributed by atoms with E-state index in [1.807, 2.05) is 17.9 Å². The Hall–Kier alpha value is -2.93. The highest BCUT2D eigenvalue weighted by Gasteiger charge is 2.22. The van der Waals surface area contributed by atoms with E-state index in [1.54, 1.807) is 13.1 Å². The van der Waals surface area contributed by atoms with Crippen LogP contribution in [0.4, 0.5) is 5.69 Å². The number of hydrogen-bond acceptors (Lipinski definition) is 5. The lowest BCUT2D eigenvalue weighted by molar-refractivity contribution is -0.129. The fraction of sp³-hybridized carbons (Fsp3) is 0.581. The van der Waals surface area contributed by atoms with Crippen molar-refractivity contribution in [1.82, 2.24) is 24.3 Å². The van der Waals surface area contributed by atoms with Gasteiger partial charge in [0.1, 0.15) is 11.6 Å². The van der Waals surface area contributed by atoms with Gasteiger partial charge in [-0.15, -0.1) is 0 Å². The molecule has 1 amide bonds. The number of hydrogen-bond donors (Lipinski definition) is 0. The van der Waals surface area contributed by atoms with Gasteiger partial charge in [0.25, 0.3) is 0 Å². The van der Waals surface area contributed by atoms with Gasteiger partial charge in [-0.25, -0.2) is 9.97 Å². The molecule has 1 aliphatic carbocycles.